The second-order valence-corrected chi connectivity index (χ2v) is 2.81. The molecule has 14 heavy (non-hydrogen) atoms. The van der Waals surface area contributed by atoms with Gasteiger partial charge in [0, 0.05) is 17.3 Å². The summed E-state index contributed by atoms with van der Waals surface area (Å²) in [5.41, 5.74) is -1.18. The average Bonchev–Trinajstić information content (AvgIpc) is 2.17. The monoisotopic (exact) mass is 225 g/mol. The lowest BCUT2D eigenvalue weighted by molar-refractivity contribution is 0.145. The fraction of sp³-hybridized carbons (Fsp3) is 0.375. The van der Waals surface area contributed by atoms with Crippen molar-refractivity contribution in [1.82, 2.24) is 4.98 Å². The maximum Gasteiger partial charge on any atom is 0.265 e. The lowest BCUT2D eigenvalue weighted by atomic mass is 10.1. The van der Waals surface area contributed by atoms with Gasteiger partial charge in [0.15, 0.2) is 5.82 Å². The molecule has 0 unspecified atom stereocenters. The Morgan fingerprint density at radius 1 is 1.50 bits per heavy atom. The van der Waals surface area contributed by atoms with Gasteiger partial charge < -0.3 is 5.11 Å². The van der Waals surface area contributed by atoms with E-state index in [4.69, 9.17) is 16.7 Å². The van der Waals surface area contributed by atoms with E-state index < -0.39 is 30.0 Å². The van der Waals surface area contributed by atoms with E-state index in [-0.39, 0.29) is 11.6 Å². The lowest BCUT2D eigenvalue weighted by Crippen LogP contribution is -2.04. The summed E-state index contributed by atoms with van der Waals surface area (Å²) in [4.78, 5) is 3.43. The number of aliphatic hydroxyl groups is 1. The Labute approximate surface area is 83.3 Å². The van der Waals surface area contributed by atoms with Crippen LogP contribution in [0.4, 0.5) is 13.2 Å². The van der Waals surface area contributed by atoms with Crippen LogP contribution in [0.25, 0.3) is 0 Å². The van der Waals surface area contributed by atoms with Crippen molar-refractivity contribution < 1.29 is 18.3 Å². The SMILES string of the molecule is OCc1c(C(F)F)cnc(CCl)c1F. The summed E-state index contributed by atoms with van der Waals surface area (Å²) < 4.78 is 37.8. The topological polar surface area (TPSA) is 33.1 Å². The molecule has 0 aliphatic rings. The van der Waals surface area contributed by atoms with Crippen molar-refractivity contribution in [3.8, 4) is 0 Å². The van der Waals surface area contributed by atoms with E-state index in [2.05, 4.69) is 4.98 Å². The molecule has 0 bridgehead atoms. The van der Waals surface area contributed by atoms with Gasteiger partial charge in [-0.1, -0.05) is 0 Å². The van der Waals surface area contributed by atoms with Crippen LogP contribution in [0.3, 0.4) is 0 Å². The molecule has 1 aromatic rings. The fourth-order valence-corrected chi connectivity index (χ4v) is 1.21. The molecule has 1 aromatic heterocycles. The Morgan fingerprint density at radius 3 is 2.57 bits per heavy atom. The van der Waals surface area contributed by atoms with Gasteiger partial charge in [0.25, 0.3) is 6.43 Å². The molecule has 0 spiro atoms. The second-order valence-electron chi connectivity index (χ2n) is 2.55. The van der Waals surface area contributed by atoms with Gasteiger partial charge in [-0.15, -0.1) is 11.6 Å². The summed E-state index contributed by atoms with van der Waals surface area (Å²) >= 11 is 5.32. The normalized spacial score (nSPS) is 11.0. The molecule has 6 heteroatoms. The van der Waals surface area contributed by atoms with E-state index >= 15 is 0 Å². The Morgan fingerprint density at radius 2 is 2.14 bits per heavy atom. The zero-order chi connectivity index (χ0) is 10.7. The van der Waals surface area contributed by atoms with E-state index in [1.807, 2.05) is 0 Å². The van der Waals surface area contributed by atoms with Crippen LogP contribution in [-0.2, 0) is 12.5 Å². The van der Waals surface area contributed by atoms with E-state index in [0.717, 1.165) is 6.20 Å². The van der Waals surface area contributed by atoms with Crippen molar-refractivity contribution in [2.45, 2.75) is 18.9 Å². The molecule has 0 saturated heterocycles. The first-order valence-electron chi connectivity index (χ1n) is 3.73. The Balaban J connectivity index is 3.28. The van der Waals surface area contributed by atoms with Crippen LogP contribution in [-0.4, -0.2) is 10.1 Å². The number of pyridine rings is 1. The van der Waals surface area contributed by atoms with E-state index in [9.17, 15) is 13.2 Å². The zero-order valence-electron chi connectivity index (χ0n) is 6.98. The molecule has 0 radical (unpaired) electrons. The average molecular weight is 226 g/mol. The quantitative estimate of drug-likeness (QED) is 0.802. The lowest BCUT2D eigenvalue weighted by Gasteiger charge is -2.08. The van der Waals surface area contributed by atoms with Crippen molar-refractivity contribution in [3.05, 3.63) is 28.8 Å². The van der Waals surface area contributed by atoms with Gasteiger partial charge in [-0.05, 0) is 0 Å². The highest BCUT2D eigenvalue weighted by molar-refractivity contribution is 6.16. The van der Waals surface area contributed by atoms with Crippen molar-refractivity contribution >= 4 is 11.6 Å². The van der Waals surface area contributed by atoms with E-state index in [0.29, 0.717) is 0 Å². The first kappa shape index (κ1) is 11.3. The number of aliphatic hydroxyl groups excluding tert-OH is 1. The molecule has 0 atom stereocenters. The summed E-state index contributed by atoms with van der Waals surface area (Å²) in [6.45, 7) is -0.794. The zero-order valence-corrected chi connectivity index (χ0v) is 7.73. The molecule has 1 N–H and O–H groups in total. The van der Waals surface area contributed by atoms with Gasteiger partial charge in [-0.2, -0.15) is 0 Å². The van der Waals surface area contributed by atoms with Gasteiger partial charge in [-0.3, -0.25) is 4.98 Å². The number of alkyl halides is 3. The van der Waals surface area contributed by atoms with Crippen molar-refractivity contribution in [3.63, 3.8) is 0 Å². The summed E-state index contributed by atoms with van der Waals surface area (Å²) in [5.74, 6) is -1.18. The van der Waals surface area contributed by atoms with Crippen molar-refractivity contribution in [2.24, 2.45) is 0 Å². The number of hydrogen-bond donors (Lipinski definition) is 1. The smallest absolute Gasteiger partial charge is 0.265 e. The summed E-state index contributed by atoms with van der Waals surface area (Å²) in [6, 6.07) is 0. The number of nitrogens with zero attached hydrogens (tertiary/aromatic N) is 1. The van der Waals surface area contributed by atoms with Gasteiger partial charge in [0.2, 0.25) is 0 Å². The minimum Gasteiger partial charge on any atom is -0.392 e. The van der Waals surface area contributed by atoms with Crippen LogP contribution in [0.15, 0.2) is 6.20 Å². The highest BCUT2D eigenvalue weighted by Crippen LogP contribution is 2.25. The van der Waals surface area contributed by atoms with Crippen molar-refractivity contribution in [2.75, 3.05) is 0 Å². The van der Waals surface area contributed by atoms with Crippen LogP contribution in [0.5, 0.6) is 0 Å². The summed E-state index contributed by atoms with van der Waals surface area (Å²) in [7, 11) is 0. The third kappa shape index (κ3) is 1.99. The fourth-order valence-electron chi connectivity index (χ4n) is 1.02. The van der Waals surface area contributed by atoms with Gasteiger partial charge >= 0.3 is 0 Å². The molecule has 0 aromatic carbocycles. The molecule has 0 aliphatic heterocycles. The van der Waals surface area contributed by atoms with Crippen LogP contribution >= 0.6 is 11.6 Å². The molecular weight excluding hydrogens is 219 g/mol. The third-order valence-corrected chi connectivity index (χ3v) is 2.00. The van der Waals surface area contributed by atoms with Crippen LogP contribution in [0.2, 0.25) is 0 Å². The molecule has 0 fully saturated rings. The minimum absolute atomic E-state index is 0.139. The van der Waals surface area contributed by atoms with Crippen LogP contribution < -0.4 is 0 Å². The van der Waals surface area contributed by atoms with Gasteiger partial charge in [0.05, 0.1) is 18.2 Å². The molecule has 1 rings (SSSR count). The first-order valence-corrected chi connectivity index (χ1v) is 4.26. The first-order chi connectivity index (χ1) is 6.61. The number of hydrogen-bond acceptors (Lipinski definition) is 2. The molecule has 78 valence electrons. The van der Waals surface area contributed by atoms with Crippen LogP contribution in [0.1, 0.15) is 23.2 Å². The molecule has 2 nitrogen and oxygen atoms in total. The second kappa shape index (κ2) is 4.61. The number of rotatable bonds is 3. The molecule has 1 heterocycles. The summed E-state index contributed by atoms with van der Waals surface area (Å²) in [6.07, 6.45) is -2.03. The third-order valence-electron chi connectivity index (χ3n) is 1.75. The minimum atomic E-state index is -2.86. The number of aromatic nitrogens is 1. The predicted octanol–water partition coefficient (Wildman–Crippen LogP) is 2.39. The molecule has 0 saturated carbocycles. The van der Waals surface area contributed by atoms with Crippen LogP contribution in [0, 0.1) is 5.82 Å². The number of halogens is 4. The van der Waals surface area contributed by atoms with Crippen molar-refractivity contribution in [1.29, 1.82) is 0 Å². The molecule has 0 amide bonds. The van der Waals surface area contributed by atoms with Gasteiger partial charge in [0.1, 0.15) is 0 Å². The Kier molecular flexibility index (Phi) is 3.71. The Hall–Kier alpha value is -0.810. The standard InChI is InChI=1S/C8H7ClF3NO/c9-1-6-7(10)5(3-14)4(2-13-6)8(11)12/h2,8,14H,1,3H2. The highest BCUT2D eigenvalue weighted by Gasteiger charge is 2.19. The predicted molar refractivity (Wildman–Crippen MR) is 44.6 cm³/mol. The maximum atomic E-state index is 13.3. The Bertz CT molecular complexity index is 333. The maximum absolute atomic E-state index is 13.3. The van der Waals surface area contributed by atoms with E-state index in [1.165, 1.54) is 0 Å². The highest BCUT2D eigenvalue weighted by atomic mass is 35.5. The van der Waals surface area contributed by atoms with E-state index in [1.54, 1.807) is 0 Å². The molecular formula is C8H7ClF3NO. The summed E-state index contributed by atoms with van der Waals surface area (Å²) in [5, 5.41) is 8.72. The van der Waals surface area contributed by atoms with Gasteiger partial charge in [-0.25, -0.2) is 13.2 Å². The molecule has 0 aliphatic carbocycles. The largest absolute Gasteiger partial charge is 0.392 e.